The Bertz CT molecular complexity index is 704. The molecule has 0 radical (unpaired) electrons. The number of rotatable bonds is 1. The summed E-state index contributed by atoms with van der Waals surface area (Å²) in [6.45, 7) is 0. The summed E-state index contributed by atoms with van der Waals surface area (Å²) < 4.78 is 1.32. The second kappa shape index (κ2) is 3.68. The molecule has 0 saturated heterocycles. The molecule has 18 heavy (non-hydrogen) atoms. The molecular weight excluding hydrogens is 240 g/mol. The maximum absolute atomic E-state index is 4.33. The molecule has 2 nitrogen and oxygen atoms in total. The zero-order valence-corrected chi connectivity index (χ0v) is 10.4. The van der Waals surface area contributed by atoms with Crippen molar-refractivity contribution in [1.29, 1.82) is 0 Å². The molecule has 0 amide bonds. The van der Waals surface area contributed by atoms with E-state index in [1.807, 2.05) is 12.3 Å². The third kappa shape index (κ3) is 1.45. The fourth-order valence-corrected chi connectivity index (χ4v) is 3.24. The number of fused-ring (bicyclic) bond motifs is 2. The fraction of sp³-hybridized carbons (Fsp3) is 0. The predicted molar refractivity (Wildman–Crippen MR) is 76.9 cm³/mol. The first-order valence-corrected chi connectivity index (χ1v) is 6.64. The van der Waals surface area contributed by atoms with Crippen LogP contribution in [0.2, 0.25) is 0 Å². The first kappa shape index (κ1) is 9.85. The number of nitrogens with one attached hydrogen (secondary N) is 1. The fourth-order valence-electron chi connectivity index (χ4n) is 2.21. The zero-order chi connectivity index (χ0) is 11.9. The molecule has 0 aliphatic rings. The Kier molecular flexibility index (Phi) is 2.02. The predicted octanol–water partition coefficient (Wildman–Crippen LogP) is 4.44. The lowest BCUT2D eigenvalue weighted by Gasteiger charge is -1.88. The Balaban J connectivity index is 1.95. The molecule has 1 N–H and O–H groups in total. The molecule has 0 bridgehead atoms. The third-order valence-corrected chi connectivity index (χ3v) is 4.23. The lowest BCUT2D eigenvalue weighted by atomic mass is 10.2. The quantitative estimate of drug-likeness (QED) is 0.531. The number of aromatic amines is 1. The molecule has 3 heterocycles. The number of H-pyrrole nitrogens is 1. The van der Waals surface area contributed by atoms with Gasteiger partial charge in [-0.1, -0.05) is 18.2 Å². The molecular formula is C15H10N2S. The van der Waals surface area contributed by atoms with Gasteiger partial charge in [0.1, 0.15) is 5.65 Å². The van der Waals surface area contributed by atoms with Gasteiger partial charge in [0.25, 0.3) is 0 Å². The summed E-state index contributed by atoms with van der Waals surface area (Å²) >= 11 is 1.81. The molecule has 3 aromatic heterocycles. The second-order valence-corrected chi connectivity index (χ2v) is 5.36. The lowest BCUT2D eigenvalue weighted by molar-refractivity contribution is 1.33. The average Bonchev–Trinajstić information content (AvgIpc) is 3.02. The largest absolute Gasteiger partial charge is 0.339 e. The Morgan fingerprint density at radius 1 is 0.944 bits per heavy atom. The third-order valence-electron chi connectivity index (χ3n) is 3.08. The van der Waals surface area contributed by atoms with Gasteiger partial charge in [0.15, 0.2) is 0 Å². The van der Waals surface area contributed by atoms with Crippen molar-refractivity contribution in [2.24, 2.45) is 0 Å². The molecule has 4 aromatic rings. The molecule has 0 aliphatic heterocycles. The van der Waals surface area contributed by atoms with E-state index in [1.165, 1.54) is 15.0 Å². The minimum absolute atomic E-state index is 0.949. The van der Waals surface area contributed by atoms with E-state index in [9.17, 15) is 0 Å². The Morgan fingerprint density at radius 2 is 1.83 bits per heavy atom. The van der Waals surface area contributed by atoms with Crippen LogP contribution in [-0.2, 0) is 0 Å². The van der Waals surface area contributed by atoms with Crippen molar-refractivity contribution in [3.63, 3.8) is 0 Å². The van der Waals surface area contributed by atoms with E-state index in [-0.39, 0.29) is 0 Å². The Hall–Kier alpha value is -2.13. The number of hydrogen-bond acceptors (Lipinski definition) is 2. The van der Waals surface area contributed by atoms with Gasteiger partial charge >= 0.3 is 0 Å². The van der Waals surface area contributed by atoms with Crippen molar-refractivity contribution in [3.8, 4) is 10.6 Å². The number of thiophene rings is 1. The average molecular weight is 250 g/mol. The lowest BCUT2D eigenvalue weighted by Crippen LogP contribution is -1.73. The van der Waals surface area contributed by atoms with Gasteiger partial charge < -0.3 is 4.98 Å². The molecule has 0 fully saturated rings. The van der Waals surface area contributed by atoms with E-state index in [0.29, 0.717) is 0 Å². The van der Waals surface area contributed by atoms with E-state index in [4.69, 9.17) is 0 Å². The van der Waals surface area contributed by atoms with E-state index in [1.54, 1.807) is 11.3 Å². The van der Waals surface area contributed by atoms with Crippen LogP contribution in [0, 0.1) is 0 Å². The van der Waals surface area contributed by atoms with Crippen LogP contribution < -0.4 is 0 Å². The van der Waals surface area contributed by atoms with E-state index >= 15 is 0 Å². The van der Waals surface area contributed by atoms with Gasteiger partial charge in [-0.15, -0.1) is 11.3 Å². The summed E-state index contributed by atoms with van der Waals surface area (Å²) in [6, 6.07) is 16.9. The number of aromatic nitrogens is 2. The van der Waals surface area contributed by atoms with Gasteiger partial charge in [0, 0.05) is 16.3 Å². The van der Waals surface area contributed by atoms with E-state index in [0.717, 1.165) is 16.7 Å². The summed E-state index contributed by atoms with van der Waals surface area (Å²) in [5.74, 6) is 0. The smallest absolute Gasteiger partial charge is 0.137 e. The van der Waals surface area contributed by atoms with Crippen LogP contribution in [0.25, 0.3) is 31.7 Å². The number of hydrogen-bond donors (Lipinski definition) is 1. The Morgan fingerprint density at radius 3 is 2.72 bits per heavy atom. The van der Waals surface area contributed by atoms with Crippen LogP contribution >= 0.6 is 11.3 Å². The van der Waals surface area contributed by atoms with Crippen molar-refractivity contribution >= 4 is 32.5 Å². The molecule has 0 saturated carbocycles. The van der Waals surface area contributed by atoms with Gasteiger partial charge in [-0.2, -0.15) is 0 Å². The molecule has 0 spiro atoms. The highest BCUT2D eigenvalue weighted by molar-refractivity contribution is 7.22. The van der Waals surface area contributed by atoms with Crippen LogP contribution in [0.3, 0.4) is 0 Å². The van der Waals surface area contributed by atoms with Crippen molar-refractivity contribution < 1.29 is 0 Å². The standard InChI is InChI=1S/C15H10N2S/c1-2-6-13-10(4-1)9-14(18-13)12-8-11-5-3-7-16-15(11)17-12/h1-9H,(H,16,17). The zero-order valence-electron chi connectivity index (χ0n) is 9.55. The molecule has 0 atom stereocenters. The number of nitrogens with zero attached hydrogens (tertiary/aromatic N) is 1. The SMILES string of the molecule is c1cnc2[nH]c(-c3cc4ccccc4s3)cc2c1. The maximum Gasteiger partial charge on any atom is 0.137 e. The molecule has 1 aromatic carbocycles. The number of pyridine rings is 1. The van der Waals surface area contributed by atoms with E-state index in [2.05, 4.69) is 52.4 Å². The van der Waals surface area contributed by atoms with Crippen molar-refractivity contribution in [3.05, 3.63) is 54.7 Å². The van der Waals surface area contributed by atoms with Gasteiger partial charge in [-0.25, -0.2) is 4.98 Å². The molecule has 4 rings (SSSR count). The van der Waals surface area contributed by atoms with Crippen LogP contribution in [0.4, 0.5) is 0 Å². The summed E-state index contributed by atoms with van der Waals surface area (Å²) in [4.78, 5) is 8.96. The highest BCUT2D eigenvalue weighted by Crippen LogP contribution is 2.33. The first-order chi connectivity index (χ1) is 8.90. The summed E-state index contributed by atoms with van der Waals surface area (Å²) in [7, 11) is 0. The molecule has 0 unspecified atom stereocenters. The second-order valence-electron chi connectivity index (χ2n) is 4.27. The first-order valence-electron chi connectivity index (χ1n) is 5.83. The van der Waals surface area contributed by atoms with Crippen molar-refractivity contribution in [2.75, 3.05) is 0 Å². The maximum atomic E-state index is 4.33. The van der Waals surface area contributed by atoms with Crippen LogP contribution in [-0.4, -0.2) is 9.97 Å². The molecule has 86 valence electrons. The normalized spacial score (nSPS) is 11.3. The Labute approximate surface area is 108 Å². The van der Waals surface area contributed by atoms with Gasteiger partial charge in [0.2, 0.25) is 0 Å². The summed E-state index contributed by atoms with van der Waals surface area (Å²) in [5, 5.41) is 2.45. The van der Waals surface area contributed by atoms with Crippen molar-refractivity contribution in [1.82, 2.24) is 9.97 Å². The van der Waals surface area contributed by atoms with Gasteiger partial charge in [0.05, 0.1) is 10.6 Å². The highest BCUT2D eigenvalue weighted by Gasteiger charge is 2.07. The monoisotopic (exact) mass is 250 g/mol. The summed E-state index contributed by atoms with van der Waals surface area (Å²) in [5.41, 5.74) is 2.09. The van der Waals surface area contributed by atoms with E-state index < -0.39 is 0 Å². The van der Waals surface area contributed by atoms with Crippen molar-refractivity contribution in [2.45, 2.75) is 0 Å². The number of benzene rings is 1. The molecule has 3 heteroatoms. The highest BCUT2D eigenvalue weighted by atomic mass is 32.1. The topological polar surface area (TPSA) is 28.7 Å². The van der Waals surface area contributed by atoms with Gasteiger partial charge in [-0.3, -0.25) is 0 Å². The van der Waals surface area contributed by atoms with Gasteiger partial charge in [-0.05, 0) is 35.7 Å². The molecule has 0 aliphatic carbocycles. The minimum Gasteiger partial charge on any atom is -0.339 e. The van der Waals surface area contributed by atoms with Crippen LogP contribution in [0.15, 0.2) is 54.7 Å². The minimum atomic E-state index is 0.949. The summed E-state index contributed by atoms with van der Waals surface area (Å²) in [6.07, 6.45) is 1.81. The van der Waals surface area contributed by atoms with Crippen LogP contribution in [0.1, 0.15) is 0 Å². The van der Waals surface area contributed by atoms with Crippen LogP contribution in [0.5, 0.6) is 0 Å².